The van der Waals surface area contributed by atoms with Gasteiger partial charge >= 0.3 is 0 Å². The highest BCUT2D eigenvalue weighted by Gasteiger charge is 2.22. The number of nitrogens with one attached hydrogen (secondary N) is 1. The maximum atomic E-state index is 11.0. The highest BCUT2D eigenvalue weighted by molar-refractivity contribution is 5.72. The van der Waals surface area contributed by atoms with Crippen molar-refractivity contribution in [2.45, 2.75) is 26.8 Å². The Labute approximate surface area is 143 Å². The summed E-state index contributed by atoms with van der Waals surface area (Å²) in [7, 11) is 0. The molecule has 5 heteroatoms. The molecule has 1 N–H and O–H groups in total. The molecular formula is C19H24N4O. The third kappa shape index (κ3) is 4.38. The smallest absolute Gasteiger partial charge is 0.216 e. The van der Waals surface area contributed by atoms with Crippen molar-refractivity contribution in [3.05, 3.63) is 47.8 Å². The molecular weight excluding hydrogens is 300 g/mol. The van der Waals surface area contributed by atoms with Crippen LogP contribution in [0.25, 0.3) is 11.4 Å². The zero-order valence-electron chi connectivity index (χ0n) is 14.3. The lowest BCUT2D eigenvalue weighted by molar-refractivity contribution is -0.119. The highest BCUT2D eigenvalue weighted by Crippen LogP contribution is 2.19. The van der Waals surface area contributed by atoms with Crippen LogP contribution in [-0.4, -0.2) is 40.4 Å². The molecule has 0 radical (unpaired) electrons. The number of hydrogen-bond acceptors (Lipinski definition) is 4. The van der Waals surface area contributed by atoms with Crippen LogP contribution in [0, 0.1) is 12.8 Å². The number of aryl methyl sites for hydroxylation is 1. The van der Waals surface area contributed by atoms with E-state index in [1.165, 1.54) is 5.56 Å². The molecule has 1 saturated heterocycles. The summed E-state index contributed by atoms with van der Waals surface area (Å²) < 4.78 is 0. The third-order valence-corrected chi connectivity index (χ3v) is 4.40. The van der Waals surface area contributed by atoms with E-state index in [2.05, 4.69) is 39.2 Å². The number of likely N-dealkylation sites (tertiary alicyclic amines) is 1. The van der Waals surface area contributed by atoms with E-state index in [0.29, 0.717) is 5.92 Å². The van der Waals surface area contributed by atoms with E-state index in [-0.39, 0.29) is 5.91 Å². The van der Waals surface area contributed by atoms with Crippen LogP contribution in [-0.2, 0) is 11.3 Å². The molecule has 0 bridgehead atoms. The van der Waals surface area contributed by atoms with Crippen LogP contribution < -0.4 is 5.32 Å². The van der Waals surface area contributed by atoms with E-state index in [0.717, 1.165) is 49.6 Å². The first kappa shape index (κ1) is 16.6. The van der Waals surface area contributed by atoms with Crippen LogP contribution in [0.5, 0.6) is 0 Å². The Kier molecular flexibility index (Phi) is 5.20. The Hall–Kier alpha value is -2.27. The Morgan fingerprint density at radius 3 is 2.83 bits per heavy atom. The van der Waals surface area contributed by atoms with Crippen molar-refractivity contribution in [1.29, 1.82) is 0 Å². The first-order valence-corrected chi connectivity index (χ1v) is 8.45. The SMILES string of the molecule is CC(=O)NCC1CCN(Cc2cnc(-c3cccc(C)c3)nc2)C1. The largest absolute Gasteiger partial charge is 0.356 e. The fraction of sp³-hybridized carbons (Fsp3) is 0.421. The number of aromatic nitrogens is 2. The number of hydrogen-bond donors (Lipinski definition) is 1. The van der Waals surface area contributed by atoms with Gasteiger partial charge in [0.25, 0.3) is 0 Å². The molecule has 0 saturated carbocycles. The van der Waals surface area contributed by atoms with Crippen LogP contribution in [0.1, 0.15) is 24.5 Å². The Morgan fingerprint density at radius 2 is 2.12 bits per heavy atom. The number of carbonyl (C=O) groups excluding carboxylic acids is 1. The number of carbonyl (C=O) groups is 1. The van der Waals surface area contributed by atoms with E-state index in [4.69, 9.17) is 0 Å². The molecule has 0 spiro atoms. The summed E-state index contributed by atoms with van der Waals surface area (Å²) in [6.45, 7) is 7.35. The molecule has 2 heterocycles. The number of rotatable bonds is 5. The Morgan fingerprint density at radius 1 is 1.33 bits per heavy atom. The third-order valence-electron chi connectivity index (χ3n) is 4.40. The molecule has 1 amide bonds. The summed E-state index contributed by atoms with van der Waals surface area (Å²) in [4.78, 5) is 22.4. The molecule has 1 aliphatic rings. The lowest BCUT2D eigenvalue weighted by Gasteiger charge is -2.16. The second-order valence-corrected chi connectivity index (χ2v) is 6.61. The van der Waals surface area contributed by atoms with Gasteiger partial charge in [-0.2, -0.15) is 0 Å². The summed E-state index contributed by atoms with van der Waals surface area (Å²) in [6.07, 6.45) is 4.97. The first-order chi connectivity index (χ1) is 11.6. The topological polar surface area (TPSA) is 58.1 Å². The van der Waals surface area contributed by atoms with Gasteiger partial charge in [-0.25, -0.2) is 9.97 Å². The summed E-state index contributed by atoms with van der Waals surface area (Å²) in [5, 5.41) is 2.91. The molecule has 1 atom stereocenters. The number of amides is 1. The molecule has 2 aromatic rings. The van der Waals surface area contributed by atoms with Gasteiger partial charge in [0.05, 0.1) is 0 Å². The van der Waals surface area contributed by atoms with E-state index < -0.39 is 0 Å². The molecule has 3 rings (SSSR count). The summed E-state index contributed by atoms with van der Waals surface area (Å²) >= 11 is 0. The molecule has 1 fully saturated rings. The van der Waals surface area contributed by atoms with Gasteiger partial charge in [0.2, 0.25) is 5.91 Å². The Balaban J connectivity index is 1.56. The monoisotopic (exact) mass is 324 g/mol. The fourth-order valence-electron chi connectivity index (χ4n) is 3.14. The van der Waals surface area contributed by atoms with E-state index >= 15 is 0 Å². The molecule has 5 nitrogen and oxygen atoms in total. The van der Waals surface area contributed by atoms with Crippen molar-refractivity contribution in [2.75, 3.05) is 19.6 Å². The van der Waals surface area contributed by atoms with Gasteiger partial charge < -0.3 is 5.32 Å². The zero-order chi connectivity index (χ0) is 16.9. The maximum absolute atomic E-state index is 11.0. The van der Waals surface area contributed by atoms with Crippen LogP contribution >= 0.6 is 0 Å². The van der Waals surface area contributed by atoms with Crippen molar-refractivity contribution < 1.29 is 4.79 Å². The van der Waals surface area contributed by atoms with E-state index in [9.17, 15) is 4.79 Å². The Bertz CT molecular complexity index is 699. The molecule has 24 heavy (non-hydrogen) atoms. The average Bonchev–Trinajstić information content (AvgIpc) is 3.01. The quantitative estimate of drug-likeness (QED) is 0.917. The molecule has 1 aromatic heterocycles. The lowest BCUT2D eigenvalue weighted by atomic mass is 10.1. The number of nitrogens with zero attached hydrogens (tertiary/aromatic N) is 3. The predicted octanol–water partition coefficient (Wildman–Crippen LogP) is 2.41. The van der Waals surface area contributed by atoms with Crippen LogP contribution in [0.15, 0.2) is 36.7 Å². The van der Waals surface area contributed by atoms with E-state index in [1.807, 2.05) is 24.5 Å². The average molecular weight is 324 g/mol. The van der Waals surface area contributed by atoms with Gasteiger partial charge in [-0.15, -0.1) is 0 Å². The minimum Gasteiger partial charge on any atom is -0.356 e. The van der Waals surface area contributed by atoms with Crippen molar-refractivity contribution in [1.82, 2.24) is 20.2 Å². The van der Waals surface area contributed by atoms with Gasteiger partial charge in [0, 0.05) is 50.1 Å². The van der Waals surface area contributed by atoms with Gasteiger partial charge in [0.15, 0.2) is 5.82 Å². The van der Waals surface area contributed by atoms with Crippen LogP contribution in [0.4, 0.5) is 0 Å². The van der Waals surface area contributed by atoms with Crippen molar-refractivity contribution >= 4 is 5.91 Å². The summed E-state index contributed by atoms with van der Waals surface area (Å²) in [5.74, 6) is 1.36. The standard InChI is InChI=1S/C19H24N4O/c1-14-4-3-5-18(8-14)19-21-10-17(11-22-19)13-23-7-6-16(12-23)9-20-15(2)24/h3-5,8,10-11,16H,6-7,9,12-13H2,1-2H3,(H,20,24). The van der Waals surface area contributed by atoms with E-state index in [1.54, 1.807) is 6.92 Å². The molecule has 1 aliphatic heterocycles. The fourth-order valence-corrected chi connectivity index (χ4v) is 3.14. The summed E-state index contributed by atoms with van der Waals surface area (Å²) in [5.41, 5.74) is 3.40. The number of benzene rings is 1. The minimum atomic E-state index is 0.0496. The molecule has 1 aromatic carbocycles. The normalized spacial score (nSPS) is 17.8. The van der Waals surface area contributed by atoms with Crippen molar-refractivity contribution in [3.63, 3.8) is 0 Å². The van der Waals surface area contributed by atoms with Gasteiger partial charge in [-0.1, -0.05) is 23.8 Å². The van der Waals surface area contributed by atoms with Gasteiger partial charge in [-0.05, 0) is 31.9 Å². The first-order valence-electron chi connectivity index (χ1n) is 8.45. The lowest BCUT2D eigenvalue weighted by Crippen LogP contribution is -2.29. The van der Waals surface area contributed by atoms with Crippen molar-refractivity contribution in [3.8, 4) is 11.4 Å². The molecule has 126 valence electrons. The van der Waals surface area contributed by atoms with Crippen molar-refractivity contribution in [2.24, 2.45) is 5.92 Å². The van der Waals surface area contributed by atoms with Crippen LogP contribution in [0.3, 0.4) is 0 Å². The van der Waals surface area contributed by atoms with Gasteiger partial charge in [0.1, 0.15) is 0 Å². The molecule has 1 unspecified atom stereocenters. The maximum Gasteiger partial charge on any atom is 0.216 e. The molecule has 0 aliphatic carbocycles. The zero-order valence-corrected chi connectivity index (χ0v) is 14.3. The highest BCUT2D eigenvalue weighted by atomic mass is 16.1. The minimum absolute atomic E-state index is 0.0496. The second kappa shape index (κ2) is 7.53. The summed E-state index contributed by atoms with van der Waals surface area (Å²) in [6, 6.07) is 8.24. The predicted molar refractivity (Wildman–Crippen MR) is 94.3 cm³/mol. The second-order valence-electron chi connectivity index (χ2n) is 6.61. The van der Waals surface area contributed by atoms with Gasteiger partial charge in [-0.3, -0.25) is 9.69 Å². The van der Waals surface area contributed by atoms with Crippen LogP contribution in [0.2, 0.25) is 0 Å².